The van der Waals surface area contributed by atoms with E-state index < -0.39 is 14.5 Å². The van der Waals surface area contributed by atoms with Crippen molar-refractivity contribution in [1.82, 2.24) is 0 Å². The van der Waals surface area contributed by atoms with Gasteiger partial charge in [-0.3, -0.25) is 0 Å². The van der Waals surface area contributed by atoms with Gasteiger partial charge in [-0.25, -0.2) is 0 Å². The highest BCUT2D eigenvalue weighted by atomic mass is 31.1. The number of hydrogen-bond donors (Lipinski definition) is 0. The molecule has 54 valence electrons. The molecule has 0 bridgehead atoms. The molecule has 0 aliphatic heterocycles. The molecule has 0 amide bonds. The van der Waals surface area contributed by atoms with Gasteiger partial charge in [0, 0.05) is 14.2 Å². The molecule has 1 unspecified atom stereocenters. The van der Waals surface area contributed by atoms with Crippen LogP contribution < -0.4 is 0 Å². The van der Waals surface area contributed by atoms with Crippen LogP contribution in [-0.4, -0.2) is 27.4 Å². The number of ether oxygens (including phenoxy) is 2. The minimum atomic E-state index is -1.65. The zero-order chi connectivity index (χ0) is 7.28. The molecule has 0 aromatic heterocycles. The second-order valence-corrected chi connectivity index (χ2v) is 2.40. The third kappa shape index (κ3) is 4.48. The summed E-state index contributed by atoms with van der Waals surface area (Å²) in [6.45, 7) is 0.624. The topological polar surface area (TPSA) is 44.8 Å². The summed E-state index contributed by atoms with van der Waals surface area (Å²) in [5.41, 5.74) is 0. The van der Waals surface area contributed by atoms with E-state index in [9.17, 15) is 4.57 Å². The smallest absolute Gasteiger partial charge is 0.330 e. The van der Waals surface area contributed by atoms with Crippen molar-refractivity contribution in [1.29, 1.82) is 0 Å². The van der Waals surface area contributed by atoms with E-state index in [0.29, 0.717) is 0 Å². The quantitative estimate of drug-likeness (QED) is 0.445. The maximum atomic E-state index is 10.3. The summed E-state index contributed by atoms with van der Waals surface area (Å²) in [4.78, 5) is 0. The first kappa shape index (κ1) is 8.98. The van der Waals surface area contributed by atoms with Crippen molar-refractivity contribution >= 4 is 8.03 Å². The maximum Gasteiger partial charge on any atom is 0.510 e. The van der Waals surface area contributed by atoms with Gasteiger partial charge in [-0.1, -0.05) is 4.52 Å². The van der Waals surface area contributed by atoms with E-state index in [1.165, 1.54) is 20.9 Å². The van der Waals surface area contributed by atoms with Crippen molar-refractivity contribution in [3.8, 4) is 0 Å². The molecular formula is C4H10O4P+. The molecule has 0 spiro atoms. The molecule has 0 saturated heterocycles. The van der Waals surface area contributed by atoms with Crippen molar-refractivity contribution in [3.05, 3.63) is 0 Å². The molecule has 4 nitrogen and oxygen atoms in total. The Bertz CT molecular complexity index is 90.6. The molecule has 5 heteroatoms. The van der Waals surface area contributed by atoms with Gasteiger partial charge >= 0.3 is 14.5 Å². The highest BCUT2D eigenvalue weighted by molar-refractivity contribution is 7.38. The molecule has 1 atom stereocenters. The fourth-order valence-corrected chi connectivity index (χ4v) is 0.718. The van der Waals surface area contributed by atoms with Crippen molar-refractivity contribution in [3.63, 3.8) is 0 Å². The Labute approximate surface area is 55.0 Å². The van der Waals surface area contributed by atoms with Gasteiger partial charge in [-0.15, -0.1) is 0 Å². The predicted octanol–water partition coefficient (Wildman–Crippen LogP) is 0.952. The third-order valence-corrected chi connectivity index (χ3v) is 1.09. The van der Waals surface area contributed by atoms with Crippen molar-refractivity contribution in [2.24, 2.45) is 0 Å². The van der Waals surface area contributed by atoms with Gasteiger partial charge in [-0.2, -0.15) is 0 Å². The number of hydrogen-bond acceptors (Lipinski definition) is 4. The van der Waals surface area contributed by atoms with E-state index in [0.717, 1.165) is 0 Å². The SMILES string of the molecule is COC(OC)O[P+](C)=O. The average Bonchev–Trinajstić information content (AvgIpc) is 1.82. The van der Waals surface area contributed by atoms with Gasteiger partial charge in [0.1, 0.15) is 0 Å². The molecule has 0 radical (unpaired) electrons. The van der Waals surface area contributed by atoms with Crippen LogP contribution in [0, 0.1) is 0 Å². The van der Waals surface area contributed by atoms with Gasteiger partial charge in [0.05, 0.1) is 0 Å². The fourth-order valence-electron chi connectivity index (χ4n) is 0.303. The zero-order valence-corrected chi connectivity index (χ0v) is 6.55. The normalized spacial score (nSPS) is 12.2. The average molecular weight is 153 g/mol. The molecular weight excluding hydrogens is 143 g/mol. The first-order valence-corrected chi connectivity index (χ1v) is 3.96. The van der Waals surface area contributed by atoms with Crippen molar-refractivity contribution in [2.75, 3.05) is 20.9 Å². The van der Waals surface area contributed by atoms with Gasteiger partial charge < -0.3 is 9.47 Å². The van der Waals surface area contributed by atoms with Crippen LogP contribution in [0.15, 0.2) is 0 Å². The van der Waals surface area contributed by atoms with Crippen LogP contribution >= 0.6 is 8.03 Å². The third-order valence-electron chi connectivity index (χ3n) is 0.619. The summed E-state index contributed by atoms with van der Waals surface area (Å²) in [6, 6.07) is 0. The Morgan fingerprint density at radius 3 is 1.89 bits per heavy atom. The van der Waals surface area contributed by atoms with Crippen LogP contribution in [0.5, 0.6) is 0 Å². The summed E-state index contributed by atoms with van der Waals surface area (Å²) in [5, 5.41) is 0. The summed E-state index contributed by atoms with van der Waals surface area (Å²) in [7, 11) is 1.17. The zero-order valence-electron chi connectivity index (χ0n) is 5.66. The van der Waals surface area contributed by atoms with Gasteiger partial charge in [0.25, 0.3) is 0 Å². The molecule has 0 rings (SSSR count). The standard InChI is InChI=1S/C4H10O4P/c1-6-4(7-2)8-9(3)5/h4H,1-3H3/q+1. The Morgan fingerprint density at radius 1 is 1.33 bits per heavy atom. The monoisotopic (exact) mass is 153 g/mol. The molecule has 0 fully saturated rings. The summed E-state index contributed by atoms with van der Waals surface area (Å²) < 4.78 is 24.1. The predicted molar refractivity (Wildman–Crippen MR) is 32.4 cm³/mol. The van der Waals surface area contributed by atoms with E-state index in [1.807, 2.05) is 0 Å². The van der Waals surface area contributed by atoms with Gasteiger partial charge in [0.15, 0.2) is 6.66 Å². The van der Waals surface area contributed by atoms with Crippen LogP contribution in [0.25, 0.3) is 0 Å². The van der Waals surface area contributed by atoms with Gasteiger partial charge in [-0.05, 0) is 4.57 Å². The summed E-state index contributed by atoms with van der Waals surface area (Å²) in [6.07, 6.45) is 0. The van der Waals surface area contributed by atoms with Crippen LogP contribution in [0.3, 0.4) is 0 Å². The second kappa shape index (κ2) is 4.82. The number of rotatable bonds is 4. The molecule has 0 heterocycles. The van der Waals surface area contributed by atoms with Crippen molar-refractivity contribution < 1.29 is 18.6 Å². The largest absolute Gasteiger partial charge is 0.510 e. The molecule has 0 aliphatic carbocycles. The lowest BCUT2D eigenvalue weighted by Gasteiger charge is -2.03. The van der Waals surface area contributed by atoms with E-state index >= 15 is 0 Å². The first-order valence-electron chi connectivity index (χ1n) is 2.34. The van der Waals surface area contributed by atoms with Crippen molar-refractivity contribution in [2.45, 2.75) is 6.48 Å². The highest BCUT2D eigenvalue weighted by Gasteiger charge is 2.17. The lowest BCUT2D eigenvalue weighted by atomic mass is 11.2. The highest BCUT2D eigenvalue weighted by Crippen LogP contribution is 2.18. The Morgan fingerprint density at radius 2 is 1.78 bits per heavy atom. The summed E-state index contributed by atoms with van der Waals surface area (Å²) >= 11 is 0. The molecule has 0 aliphatic rings. The molecule has 9 heavy (non-hydrogen) atoms. The number of methoxy groups -OCH3 is 2. The second-order valence-electron chi connectivity index (χ2n) is 1.31. The lowest BCUT2D eigenvalue weighted by molar-refractivity contribution is -0.216. The minimum Gasteiger partial charge on any atom is -0.330 e. The molecule has 0 N–H and O–H groups in total. The molecule has 0 aromatic rings. The lowest BCUT2D eigenvalue weighted by Crippen LogP contribution is -2.13. The Hall–Kier alpha value is -0.0200. The van der Waals surface area contributed by atoms with E-state index in [1.54, 1.807) is 0 Å². The Balaban J connectivity index is 3.43. The first-order chi connectivity index (χ1) is 4.20. The molecule has 0 aromatic carbocycles. The molecule has 0 saturated carbocycles. The van der Waals surface area contributed by atoms with E-state index in [2.05, 4.69) is 14.0 Å². The van der Waals surface area contributed by atoms with E-state index in [4.69, 9.17) is 0 Å². The van der Waals surface area contributed by atoms with Crippen LogP contribution in [0.4, 0.5) is 0 Å². The Kier molecular flexibility index (Phi) is 4.81. The minimum absolute atomic E-state index is 0.807. The van der Waals surface area contributed by atoms with Gasteiger partial charge in [0.2, 0.25) is 0 Å². The van der Waals surface area contributed by atoms with Crippen LogP contribution in [0.2, 0.25) is 0 Å². The van der Waals surface area contributed by atoms with Crippen LogP contribution in [-0.2, 0) is 18.6 Å². The van der Waals surface area contributed by atoms with Crippen LogP contribution in [0.1, 0.15) is 0 Å². The van der Waals surface area contributed by atoms with E-state index in [-0.39, 0.29) is 0 Å². The maximum absolute atomic E-state index is 10.3. The summed E-state index contributed by atoms with van der Waals surface area (Å²) in [5.74, 6) is 0. The fraction of sp³-hybridized carbons (Fsp3) is 1.00.